The highest BCUT2D eigenvalue weighted by Crippen LogP contribution is 2.44. The van der Waals surface area contributed by atoms with Gasteiger partial charge in [-0.25, -0.2) is 4.39 Å². The standard InChI is InChI=1S/C18H19FN2O/c19-15-7-5-14(6-8-15)18(9-2-10-18)17(22)21-16-4-1-3-13(11-16)12-20/h1,3-8,11H,2,9-10,12,20H2,(H,21,22). The van der Waals surface area contributed by atoms with Crippen molar-refractivity contribution >= 4 is 11.6 Å². The molecule has 0 spiro atoms. The number of nitrogens with one attached hydrogen (secondary N) is 1. The average molecular weight is 298 g/mol. The minimum absolute atomic E-state index is 0.0282. The van der Waals surface area contributed by atoms with Crippen LogP contribution in [0.1, 0.15) is 30.4 Å². The van der Waals surface area contributed by atoms with Gasteiger partial charge in [0.2, 0.25) is 5.91 Å². The molecule has 114 valence electrons. The second-order valence-corrected chi connectivity index (χ2v) is 5.80. The molecule has 1 saturated carbocycles. The van der Waals surface area contributed by atoms with Crippen LogP contribution in [-0.4, -0.2) is 5.91 Å². The Morgan fingerprint density at radius 3 is 2.50 bits per heavy atom. The summed E-state index contributed by atoms with van der Waals surface area (Å²) in [5.74, 6) is -0.311. The fourth-order valence-electron chi connectivity index (χ4n) is 2.97. The zero-order valence-corrected chi connectivity index (χ0v) is 12.3. The summed E-state index contributed by atoms with van der Waals surface area (Å²) < 4.78 is 13.1. The summed E-state index contributed by atoms with van der Waals surface area (Å²) in [5.41, 5.74) is 7.70. The first-order valence-electron chi connectivity index (χ1n) is 7.50. The van der Waals surface area contributed by atoms with E-state index in [4.69, 9.17) is 5.73 Å². The third kappa shape index (κ3) is 2.62. The van der Waals surface area contributed by atoms with Crippen LogP contribution in [0.4, 0.5) is 10.1 Å². The van der Waals surface area contributed by atoms with Crippen molar-refractivity contribution in [1.29, 1.82) is 0 Å². The van der Waals surface area contributed by atoms with Gasteiger partial charge in [-0.15, -0.1) is 0 Å². The molecule has 1 fully saturated rings. The molecule has 3 N–H and O–H groups in total. The molecular formula is C18H19FN2O. The van der Waals surface area contributed by atoms with Crippen LogP contribution in [0.3, 0.4) is 0 Å². The Morgan fingerprint density at radius 1 is 1.18 bits per heavy atom. The van der Waals surface area contributed by atoms with E-state index in [0.29, 0.717) is 6.54 Å². The molecule has 3 rings (SSSR count). The van der Waals surface area contributed by atoms with Gasteiger partial charge in [0.1, 0.15) is 5.82 Å². The fraction of sp³-hybridized carbons (Fsp3) is 0.278. The predicted octanol–water partition coefficient (Wildman–Crippen LogP) is 3.34. The van der Waals surface area contributed by atoms with E-state index in [1.165, 1.54) is 12.1 Å². The minimum Gasteiger partial charge on any atom is -0.326 e. The molecule has 4 heteroatoms. The lowest BCUT2D eigenvalue weighted by molar-refractivity contribution is -0.124. The summed E-state index contributed by atoms with van der Waals surface area (Å²) in [4.78, 5) is 12.8. The van der Waals surface area contributed by atoms with Gasteiger partial charge in [-0.05, 0) is 48.2 Å². The lowest BCUT2D eigenvalue weighted by atomic mass is 9.64. The second-order valence-electron chi connectivity index (χ2n) is 5.80. The first-order valence-corrected chi connectivity index (χ1v) is 7.50. The Kier molecular flexibility index (Phi) is 3.94. The van der Waals surface area contributed by atoms with Crippen LogP contribution >= 0.6 is 0 Å². The van der Waals surface area contributed by atoms with E-state index in [9.17, 15) is 9.18 Å². The van der Waals surface area contributed by atoms with Gasteiger partial charge >= 0.3 is 0 Å². The molecule has 0 radical (unpaired) electrons. The first-order chi connectivity index (χ1) is 10.6. The number of benzene rings is 2. The van der Waals surface area contributed by atoms with Crippen LogP contribution in [0.15, 0.2) is 48.5 Å². The lowest BCUT2D eigenvalue weighted by Gasteiger charge is -2.40. The van der Waals surface area contributed by atoms with Gasteiger partial charge in [0, 0.05) is 12.2 Å². The predicted molar refractivity (Wildman–Crippen MR) is 84.9 cm³/mol. The van der Waals surface area contributed by atoms with Crippen LogP contribution in [0.5, 0.6) is 0 Å². The minimum atomic E-state index is -0.535. The third-order valence-electron chi connectivity index (χ3n) is 4.46. The van der Waals surface area contributed by atoms with Gasteiger partial charge in [-0.3, -0.25) is 4.79 Å². The Bertz CT molecular complexity index is 678. The summed E-state index contributed by atoms with van der Waals surface area (Å²) in [5, 5.41) is 2.98. The monoisotopic (exact) mass is 298 g/mol. The molecule has 0 aliphatic heterocycles. The summed E-state index contributed by atoms with van der Waals surface area (Å²) >= 11 is 0. The summed E-state index contributed by atoms with van der Waals surface area (Å²) in [6.45, 7) is 0.437. The quantitative estimate of drug-likeness (QED) is 0.909. The lowest BCUT2D eigenvalue weighted by Crippen LogP contribution is -2.46. The summed E-state index contributed by atoms with van der Waals surface area (Å²) in [6.07, 6.45) is 2.59. The van der Waals surface area contributed by atoms with E-state index in [0.717, 1.165) is 36.1 Å². The SMILES string of the molecule is NCc1cccc(NC(=O)C2(c3ccc(F)cc3)CCC2)c1. The molecule has 22 heavy (non-hydrogen) atoms. The van der Waals surface area contributed by atoms with Crippen LogP contribution in [0.2, 0.25) is 0 Å². The van der Waals surface area contributed by atoms with Gasteiger partial charge in [0.05, 0.1) is 5.41 Å². The highest BCUT2D eigenvalue weighted by atomic mass is 19.1. The normalized spacial score (nSPS) is 15.9. The van der Waals surface area contributed by atoms with E-state index in [-0.39, 0.29) is 11.7 Å². The molecular weight excluding hydrogens is 279 g/mol. The van der Waals surface area contributed by atoms with Gasteiger partial charge in [-0.1, -0.05) is 30.7 Å². The maximum Gasteiger partial charge on any atom is 0.235 e. The molecule has 0 saturated heterocycles. The number of halogens is 1. The Labute approximate surface area is 129 Å². The van der Waals surface area contributed by atoms with Crippen LogP contribution in [0.25, 0.3) is 0 Å². The maximum atomic E-state index is 13.1. The first kappa shape index (κ1) is 14.7. The van der Waals surface area contributed by atoms with E-state index in [1.807, 2.05) is 24.3 Å². The van der Waals surface area contributed by atoms with Crippen LogP contribution in [-0.2, 0) is 16.8 Å². The van der Waals surface area contributed by atoms with E-state index in [1.54, 1.807) is 12.1 Å². The zero-order chi connectivity index (χ0) is 15.6. The smallest absolute Gasteiger partial charge is 0.235 e. The maximum absolute atomic E-state index is 13.1. The van der Waals surface area contributed by atoms with E-state index in [2.05, 4.69) is 5.32 Å². The third-order valence-corrected chi connectivity index (χ3v) is 4.46. The molecule has 0 atom stereocenters. The molecule has 3 nitrogen and oxygen atoms in total. The van der Waals surface area contributed by atoms with Crippen molar-refractivity contribution in [3.05, 3.63) is 65.5 Å². The molecule has 1 aliphatic rings. The number of amides is 1. The van der Waals surface area contributed by atoms with Gasteiger partial charge in [-0.2, -0.15) is 0 Å². The van der Waals surface area contributed by atoms with Crippen LogP contribution < -0.4 is 11.1 Å². The largest absolute Gasteiger partial charge is 0.326 e. The molecule has 0 unspecified atom stereocenters. The zero-order valence-electron chi connectivity index (χ0n) is 12.3. The van der Waals surface area contributed by atoms with Crippen molar-refractivity contribution in [1.82, 2.24) is 0 Å². The molecule has 0 bridgehead atoms. The summed E-state index contributed by atoms with van der Waals surface area (Å²) in [6, 6.07) is 13.8. The highest BCUT2D eigenvalue weighted by molar-refractivity contribution is 6.00. The molecule has 0 heterocycles. The Morgan fingerprint density at radius 2 is 1.91 bits per heavy atom. The number of rotatable bonds is 4. The van der Waals surface area contributed by atoms with Crippen LogP contribution in [0, 0.1) is 5.82 Å². The number of carbonyl (C=O) groups is 1. The Hall–Kier alpha value is -2.20. The number of hydrogen-bond acceptors (Lipinski definition) is 2. The van der Waals surface area contributed by atoms with Gasteiger partial charge in [0.15, 0.2) is 0 Å². The van der Waals surface area contributed by atoms with Gasteiger partial charge < -0.3 is 11.1 Å². The van der Waals surface area contributed by atoms with Crippen molar-refractivity contribution in [3.8, 4) is 0 Å². The van der Waals surface area contributed by atoms with Crippen molar-refractivity contribution in [2.24, 2.45) is 5.73 Å². The van der Waals surface area contributed by atoms with E-state index < -0.39 is 5.41 Å². The molecule has 2 aromatic carbocycles. The van der Waals surface area contributed by atoms with Gasteiger partial charge in [0.25, 0.3) is 0 Å². The average Bonchev–Trinajstić information content (AvgIpc) is 2.48. The number of anilines is 1. The molecule has 1 amide bonds. The van der Waals surface area contributed by atoms with Crippen molar-refractivity contribution < 1.29 is 9.18 Å². The molecule has 2 aromatic rings. The fourth-order valence-corrected chi connectivity index (χ4v) is 2.97. The number of hydrogen-bond donors (Lipinski definition) is 2. The van der Waals surface area contributed by atoms with Crippen molar-refractivity contribution in [2.75, 3.05) is 5.32 Å². The Balaban J connectivity index is 1.84. The van der Waals surface area contributed by atoms with E-state index >= 15 is 0 Å². The topological polar surface area (TPSA) is 55.1 Å². The summed E-state index contributed by atoms with van der Waals surface area (Å²) in [7, 11) is 0. The van der Waals surface area contributed by atoms with Crippen molar-refractivity contribution in [2.45, 2.75) is 31.2 Å². The molecule has 0 aromatic heterocycles. The van der Waals surface area contributed by atoms with Crippen molar-refractivity contribution in [3.63, 3.8) is 0 Å². The highest BCUT2D eigenvalue weighted by Gasteiger charge is 2.45. The second kappa shape index (κ2) is 5.89. The number of carbonyl (C=O) groups excluding carboxylic acids is 1. The number of nitrogens with two attached hydrogens (primary N) is 1. The molecule has 1 aliphatic carbocycles.